The second kappa shape index (κ2) is 3.84. The molecule has 2 rings (SSSR count). The van der Waals surface area contributed by atoms with Crippen molar-refractivity contribution in [3.8, 4) is 0 Å². The highest BCUT2D eigenvalue weighted by atomic mass is 19.1. The SMILES string of the molecule is CC1CN(C=O)N(c2ncccc2F)C1. The standard InChI is InChI=1S/C10H12FN3O/c1-8-5-13(7-15)14(6-8)10-9(11)3-2-4-12-10/h2-4,7-8H,5-6H2,1H3. The van der Waals surface area contributed by atoms with Crippen molar-refractivity contribution in [3.63, 3.8) is 0 Å². The van der Waals surface area contributed by atoms with Gasteiger partial charge in [-0.25, -0.2) is 9.37 Å². The molecule has 4 nitrogen and oxygen atoms in total. The Morgan fingerprint density at radius 3 is 3.07 bits per heavy atom. The molecule has 1 aromatic heterocycles. The van der Waals surface area contributed by atoms with Crippen molar-refractivity contribution in [1.82, 2.24) is 9.99 Å². The molecule has 80 valence electrons. The first-order valence-corrected chi connectivity index (χ1v) is 4.82. The minimum atomic E-state index is -0.404. The zero-order chi connectivity index (χ0) is 10.8. The van der Waals surface area contributed by atoms with Gasteiger partial charge in [-0.2, -0.15) is 0 Å². The molecule has 1 amide bonds. The van der Waals surface area contributed by atoms with E-state index in [0.717, 1.165) is 0 Å². The summed E-state index contributed by atoms with van der Waals surface area (Å²) in [7, 11) is 0. The number of halogens is 1. The predicted molar refractivity (Wildman–Crippen MR) is 53.5 cm³/mol. The number of hydrogen-bond donors (Lipinski definition) is 0. The number of hydrazine groups is 1. The lowest BCUT2D eigenvalue weighted by Gasteiger charge is -2.24. The van der Waals surface area contributed by atoms with E-state index >= 15 is 0 Å². The summed E-state index contributed by atoms with van der Waals surface area (Å²) in [6.45, 7) is 3.24. The summed E-state index contributed by atoms with van der Waals surface area (Å²) in [5.74, 6) is 0.143. The van der Waals surface area contributed by atoms with Gasteiger partial charge in [0.05, 0.1) is 0 Å². The molecule has 2 heterocycles. The molecule has 0 spiro atoms. The number of hydrogen-bond acceptors (Lipinski definition) is 3. The Morgan fingerprint density at radius 1 is 1.60 bits per heavy atom. The zero-order valence-electron chi connectivity index (χ0n) is 8.43. The zero-order valence-corrected chi connectivity index (χ0v) is 8.43. The quantitative estimate of drug-likeness (QED) is 0.683. The van der Waals surface area contributed by atoms with Crippen LogP contribution in [0.3, 0.4) is 0 Å². The van der Waals surface area contributed by atoms with Crippen LogP contribution in [-0.4, -0.2) is 29.5 Å². The molecule has 1 fully saturated rings. The van der Waals surface area contributed by atoms with Crippen LogP contribution in [0.15, 0.2) is 18.3 Å². The third kappa shape index (κ3) is 1.77. The van der Waals surface area contributed by atoms with Crippen molar-refractivity contribution in [2.24, 2.45) is 5.92 Å². The molecule has 0 aliphatic carbocycles. The van der Waals surface area contributed by atoms with Gasteiger partial charge in [0.25, 0.3) is 0 Å². The number of carbonyl (C=O) groups excluding carboxylic acids is 1. The van der Waals surface area contributed by atoms with Crippen LogP contribution in [0.5, 0.6) is 0 Å². The van der Waals surface area contributed by atoms with E-state index in [1.807, 2.05) is 6.92 Å². The van der Waals surface area contributed by atoms with Crippen LogP contribution < -0.4 is 5.01 Å². The molecular formula is C10H12FN3O. The Bertz CT molecular complexity index is 371. The summed E-state index contributed by atoms with van der Waals surface area (Å²) in [6.07, 6.45) is 2.22. The minimum absolute atomic E-state index is 0.217. The van der Waals surface area contributed by atoms with Crippen LogP contribution in [0.4, 0.5) is 10.2 Å². The highest BCUT2D eigenvalue weighted by Gasteiger charge is 2.28. The molecule has 1 unspecified atom stereocenters. The fourth-order valence-corrected chi connectivity index (χ4v) is 1.75. The molecule has 0 aromatic carbocycles. The molecule has 1 atom stereocenters. The molecule has 1 saturated heterocycles. The van der Waals surface area contributed by atoms with Crippen molar-refractivity contribution in [2.45, 2.75) is 6.92 Å². The smallest absolute Gasteiger partial charge is 0.228 e. The monoisotopic (exact) mass is 209 g/mol. The molecule has 1 aliphatic rings. The number of nitrogens with zero attached hydrogens (tertiary/aromatic N) is 3. The van der Waals surface area contributed by atoms with Crippen molar-refractivity contribution in [1.29, 1.82) is 0 Å². The van der Waals surface area contributed by atoms with Crippen molar-refractivity contribution in [2.75, 3.05) is 18.1 Å². The molecule has 0 saturated carbocycles. The van der Waals surface area contributed by atoms with E-state index in [2.05, 4.69) is 4.98 Å². The summed E-state index contributed by atoms with van der Waals surface area (Å²) in [5, 5.41) is 3.03. The normalized spacial score (nSPS) is 20.8. The van der Waals surface area contributed by atoms with Crippen LogP contribution in [0.25, 0.3) is 0 Å². The Balaban J connectivity index is 2.30. The van der Waals surface area contributed by atoms with Crippen LogP contribution in [0.2, 0.25) is 0 Å². The molecule has 1 aromatic rings. The predicted octanol–water partition coefficient (Wildman–Crippen LogP) is 1.05. The maximum Gasteiger partial charge on any atom is 0.228 e. The van der Waals surface area contributed by atoms with E-state index < -0.39 is 5.82 Å². The van der Waals surface area contributed by atoms with Crippen LogP contribution in [-0.2, 0) is 4.79 Å². The summed E-state index contributed by atoms with van der Waals surface area (Å²) in [5.41, 5.74) is 0. The van der Waals surface area contributed by atoms with Crippen molar-refractivity contribution >= 4 is 12.2 Å². The van der Waals surface area contributed by atoms with Crippen LogP contribution in [0.1, 0.15) is 6.92 Å². The average molecular weight is 209 g/mol. The molecule has 15 heavy (non-hydrogen) atoms. The van der Waals surface area contributed by atoms with E-state index in [1.165, 1.54) is 23.3 Å². The molecule has 0 radical (unpaired) electrons. The van der Waals surface area contributed by atoms with Gasteiger partial charge in [-0.3, -0.25) is 14.8 Å². The fourth-order valence-electron chi connectivity index (χ4n) is 1.75. The first kappa shape index (κ1) is 9.89. The highest BCUT2D eigenvalue weighted by molar-refractivity contribution is 5.55. The van der Waals surface area contributed by atoms with Crippen molar-refractivity contribution in [3.05, 3.63) is 24.1 Å². The number of aromatic nitrogens is 1. The van der Waals surface area contributed by atoms with E-state index in [9.17, 15) is 9.18 Å². The molecule has 0 N–H and O–H groups in total. The first-order chi connectivity index (χ1) is 7.22. The van der Waals surface area contributed by atoms with E-state index in [-0.39, 0.29) is 5.82 Å². The van der Waals surface area contributed by atoms with Gasteiger partial charge < -0.3 is 0 Å². The summed E-state index contributed by atoms with van der Waals surface area (Å²) in [6, 6.07) is 2.87. The molecule has 1 aliphatic heterocycles. The summed E-state index contributed by atoms with van der Waals surface area (Å²) >= 11 is 0. The number of anilines is 1. The van der Waals surface area contributed by atoms with Gasteiger partial charge in [0.15, 0.2) is 11.6 Å². The third-order valence-electron chi connectivity index (χ3n) is 2.40. The second-order valence-corrected chi connectivity index (χ2v) is 3.72. The lowest BCUT2D eigenvalue weighted by molar-refractivity contribution is -0.117. The van der Waals surface area contributed by atoms with Gasteiger partial charge in [-0.15, -0.1) is 0 Å². The van der Waals surface area contributed by atoms with Gasteiger partial charge in [0.1, 0.15) is 0 Å². The minimum Gasteiger partial charge on any atom is -0.277 e. The Labute approximate surface area is 87.3 Å². The van der Waals surface area contributed by atoms with E-state index in [0.29, 0.717) is 25.4 Å². The topological polar surface area (TPSA) is 36.4 Å². The number of carbonyl (C=O) groups is 1. The molecular weight excluding hydrogens is 197 g/mol. The van der Waals surface area contributed by atoms with Gasteiger partial charge >= 0.3 is 0 Å². The Kier molecular flexibility index (Phi) is 2.53. The third-order valence-corrected chi connectivity index (χ3v) is 2.40. The lowest BCUT2D eigenvalue weighted by Crippen LogP contribution is -2.36. The molecule has 0 bridgehead atoms. The van der Waals surface area contributed by atoms with Gasteiger partial charge in [0, 0.05) is 19.3 Å². The average Bonchev–Trinajstić information content (AvgIpc) is 2.60. The van der Waals surface area contributed by atoms with E-state index in [4.69, 9.17) is 0 Å². The molecule has 5 heteroatoms. The van der Waals surface area contributed by atoms with Gasteiger partial charge in [0.2, 0.25) is 6.41 Å². The lowest BCUT2D eigenvalue weighted by atomic mass is 10.2. The fraction of sp³-hybridized carbons (Fsp3) is 0.400. The van der Waals surface area contributed by atoms with Crippen molar-refractivity contribution < 1.29 is 9.18 Å². The van der Waals surface area contributed by atoms with Gasteiger partial charge in [-0.05, 0) is 18.1 Å². The van der Waals surface area contributed by atoms with Gasteiger partial charge in [-0.1, -0.05) is 6.92 Å². The first-order valence-electron chi connectivity index (χ1n) is 4.82. The second-order valence-electron chi connectivity index (χ2n) is 3.72. The summed E-state index contributed by atoms with van der Waals surface area (Å²) < 4.78 is 13.4. The number of rotatable bonds is 2. The Morgan fingerprint density at radius 2 is 2.40 bits per heavy atom. The largest absolute Gasteiger partial charge is 0.277 e. The maximum atomic E-state index is 13.4. The van der Waals surface area contributed by atoms with E-state index in [1.54, 1.807) is 5.01 Å². The number of pyridine rings is 1. The summed E-state index contributed by atoms with van der Waals surface area (Å²) in [4.78, 5) is 14.7. The van der Waals surface area contributed by atoms with Crippen LogP contribution in [0, 0.1) is 11.7 Å². The Hall–Kier alpha value is -1.65. The number of amides is 1. The maximum absolute atomic E-state index is 13.4. The van der Waals surface area contributed by atoms with Crippen LogP contribution >= 0.6 is 0 Å². The highest BCUT2D eigenvalue weighted by Crippen LogP contribution is 2.23.